The molecule has 1 heterocycles. The number of rotatable bonds is 6. The smallest absolute Gasteiger partial charge is 0.0802 e. The van der Waals surface area contributed by atoms with E-state index in [0.717, 1.165) is 25.2 Å². The van der Waals surface area contributed by atoms with Gasteiger partial charge in [0.25, 0.3) is 0 Å². The van der Waals surface area contributed by atoms with Gasteiger partial charge < -0.3 is 5.32 Å². The second-order valence-electron chi connectivity index (χ2n) is 5.23. The van der Waals surface area contributed by atoms with E-state index >= 15 is 0 Å². The molecule has 2 rings (SSSR count). The first-order chi connectivity index (χ1) is 9.67. The van der Waals surface area contributed by atoms with E-state index in [1.54, 1.807) is 0 Å². The van der Waals surface area contributed by atoms with E-state index in [1.807, 2.05) is 10.9 Å². The summed E-state index contributed by atoms with van der Waals surface area (Å²) in [5.74, 6) is 0. The van der Waals surface area contributed by atoms with Crippen molar-refractivity contribution in [1.82, 2.24) is 20.3 Å². The van der Waals surface area contributed by atoms with E-state index in [-0.39, 0.29) is 6.04 Å². The highest BCUT2D eigenvalue weighted by molar-refractivity contribution is 5.36. The Labute approximate surface area is 121 Å². The molecule has 0 spiro atoms. The maximum atomic E-state index is 4.21. The predicted octanol–water partition coefficient (Wildman–Crippen LogP) is 3.00. The fourth-order valence-corrected chi connectivity index (χ4v) is 2.52. The van der Waals surface area contributed by atoms with Crippen molar-refractivity contribution in [2.24, 2.45) is 0 Å². The number of hydrogen-bond donors (Lipinski definition) is 1. The molecule has 20 heavy (non-hydrogen) atoms. The van der Waals surface area contributed by atoms with Gasteiger partial charge in [0.05, 0.1) is 17.9 Å². The Balaban J connectivity index is 2.44. The van der Waals surface area contributed by atoms with Crippen LogP contribution in [0.5, 0.6) is 0 Å². The van der Waals surface area contributed by atoms with E-state index in [9.17, 15) is 0 Å². The number of nitrogens with zero attached hydrogens (tertiary/aromatic N) is 3. The molecule has 0 aliphatic heterocycles. The van der Waals surface area contributed by atoms with Gasteiger partial charge in [0.1, 0.15) is 0 Å². The number of hydrogen-bond acceptors (Lipinski definition) is 3. The van der Waals surface area contributed by atoms with Gasteiger partial charge in [-0.3, -0.25) is 0 Å². The Morgan fingerprint density at radius 1 is 1.25 bits per heavy atom. The molecule has 2 aromatic rings. The molecule has 0 radical (unpaired) electrons. The summed E-state index contributed by atoms with van der Waals surface area (Å²) in [4.78, 5) is 0. The summed E-state index contributed by atoms with van der Waals surface area (Å²) in [5.41, 5.74) is 5.03. The SMILES string of the molecule is CCCn1nncc1C(NCC)c1cc(C)ccc1C. The van der Waals surface area contributed by atoms with Gasteiger partial charge in [0.15, 0.2) is 0 Å². The van der Waals surface area contributed by atoms with Crippen LogP contribution >= 0.6 is 0 Å². The van der Waals surface area contributed by atoms with Crippen LogP contribution in [0.25, 0.3) is 0 Å². The van der Waals surface area contributed by atoms with E-state index in [2.05, 4.69) is 61.5 Å². The molecule has 0 aliphatic rings. The molecular weight excluding hydrogens is 248 g/mol. The summed E-state index contributed by atoms with van der Waals surface area (Å²) in [6, 6.07) is 6.75. The highest BCUT2D eigenvalue weighted by Crippen LogP contribution is 2.25. The van der Waals surface area contributed by atoms with Crippen molar-refractivity contribution in [3.8, 4) is 0 Å². The summed E-state index contributed by atoms with van der Waals surface area (Å²) >= 11 is 0. The van der Waals surface area contributed by atoms with Crippen LogP contribution in [0.15, 0.2) is 24.4 Å². The van der Waals surface area contributed by atoms with Gasteiger partial charge in [-0.2, -0.15) is 0 Å². The molecule has 1 aromatic heterocycles. The maximum absolute atomic E-state index is 4.21. The zero-order valence-electron chi connectivity index (χ0n) is 12.8. The molecule has 4 heteroatoms. The lowest BCUT2D eigenvalue weighted by molar-refractivity contribution is 0.510. The number of benzene rings is 1. The van der Waals surface area contributed by atoms with Crippen LogP contribution in [0, 0.1) is 13.8 Å². The van der Waals surface area contributed by atoms with Crippen LogP contribution in [0.1, 0.15) is 48.7 Å². The zero-order valence-corrected chi connectivity index (χ0v) is 12.8. The Morgan fingerprint density at radius 3 is 2.75 bits per heavy atom. The monoisotopic (exact) mass is 272 g/mol. The Kier molecular flexibility index (Phi) is 4.90. The van der Waals surface area contributed by atoms with Crippen molar-refractivity contribution >= 4 is 0 Å². The maximum Gasteiger partial charge on any atom is 0.0802 e. The van der Waals surface area contributed by atoms with Gasteiger partial charge >= 0.3 is 0 Å². The highest BCUT2D eigenvalue weighted by atomic mass is 15.4. The summed E-state index contributed by atoms with van der Waals surface area (Å²) in [7, 11) is 0. The van der Waals surface area contributed by atoms with Crippen LogP contribution in [0.3, 0.4) is 0 Å². The first-order valence-electron chi connectivity index (χ1n) is 7.36. The first-order valence-corrected chi connectivity index (χ1v) is 7.36. The van der Waals surface area contributed by atoms with Gasteiger partial charge in [-0.05, 0) is 37.9 Å². The molecule has 0 saturated heterocycles. The Bertz CT molecular complexity index is 559. The minimum Gasteiger partial charge on any atom is -0.305 e. The van der Waals surface area contributed by atoms with Gasteiger partial charge in [-0.1, -0.05) is 42.8 Å². The second-order valence-corrected chi connectivity index (χ2v) is 5.23. The fourth-order valence-electron chi connectivity index (χ4n) is 2.52. The van der Waals surface area contributed by atoms with Crippen molar-refractivity contribution < 1.29 is 0 Å². The third-order valence-corrected chi connectivity index (χ3v) is 3.53. The van der Waals surface area contributed by atoms with Crippen LogP contribution in [-0.2, 0) is 6.54 Å². The van der Waals surface area contributed by atoms with Gasteiger partial charge in [-0.25, -0.2) is 4.68 Å². The van der Waals surface area contributed by atoms with E-state index < -0.39 is 0 Å². The van der Waals surface area contributed by atoms with Crippen molar-refractivity contribution in [3.63, 3.8) is 0 Å². The van der Waals surface area contributed by atoms with Crippen molar-refractivity contribution in [1.29, 1.82) is 0 Å². The molecule has 1 aromatic carbocycles. The lowest BCUT2D eigenvalue weighted by Crippen LogP contribution is -2.25. The minimum atomic E-state index is 0.154. The molecule has 0 saturated carbocycles. The summed E-state index contributed by atoms with van der Waals surface area (Å²) < 4.78 is 2.01. The third-order valence-electron chi connectivity index (χ3n) is 3.53. The van der Waals surface area contributed by atoms with E-state index in [1.165, 1.54) is 16.7 Å². The summed E-state index contributed by atoms with van der Waals surface area (Å²) in [6.45, 7) is 10.4. The minimum absolute atomic E-state index is 0.154. The summed E-state index contributed by atoms with van der Waals surface area (Å²) in [5, 5.41) is 11.9. The largest absolute Gasteiger partial charge is 0.305 e. The molecule has 4 nitrogen and oxygen atoms in total. The standard InChI is InChI=1S/C16H24N4/c1-5-9-20-15(11-18-19-20)16(17-6-2)14-10-12(3)7-8-13(14)4/h7-8,10-11,16-17H,5-6,9H2,1-4H3. The highest BCUT2D eigenvalue weighted by Gasteiger charge is 2.19. The number of nitrogens with one attached hydrogen (secondary N) is 1. The predicted molar refractivity (Wildman–Crippen MR) is 81.7 cm³/mol. The van der Waals surface area contributed by atoms with Gasteiger partial charge in [0.2, 0.25) is 0 Å². The van der Waals surface area contributed by atoms with Crippen LogP contribution in [0.2, 0.25) is 0 Å². The molecule has 0 bridgehead atoms. The third kappa shape index (κ3) is 3.07. The van der Waals surface area contributed by atoms with Gasteiger partial charge in [-0.15, -0.1) is 5.10 Å². The average molecular weight is 272 g/mol. The summed E-state index contributed by atoms with van der Waals surface area (Å²) in [6.07, 6.45) is 2.94. The van der Waals surface area contributed by atoms with Crippen LogP contribution < -0.4 is 5.32 Å². The first kappa shape index (κ1) is 14.7. The van der Waals surface area contributed by atoms with Crippen molar-refractivity contribution in [2.45, 2.75) is 46.7 Å². The number of aromatic nitrogens is 3. The van der Waals surface area contributed by atoms with E-state index in [4.69, 9.17) is 0 Å². The normalized spacial score (nSPS) is 12.6. The van der Waals surface area contributed by atoms with Gasteiger partial charge in [0, 0.05) is 6.54 Å². The van der Waals surface area contributed by atoms with Crippen LogP contribution in [0.4, 0.5) is 0 Å². The van der Waals surface area contributed by atoms with Crippen LogP contribution in [-0.4, -0.2) is 21.5 Å². The molecule has 0 aliphatic carbocycles. The molecule has 0 fully saturated rings. The molecule has 1 N–H and O–H groups in total. The average Bonchev–Trinajstić information content (AvgIpc) is 2.88. The van der Waals surface area contributed by atoms with Crippen molar-refractivity contribution in [2.75, 3.05) is 6.54 Å². The van der Waals surface area contributed by atoms with Crippen molar-refractivity contribution in [3.05, 3.63) is 46.8 Å². The fraction of sp³-hybridized carbons (Fsp3) is 0.500. The molecule has 0 amide bonds. The zero-order chi connectivity index (χ0) is 14.5. The quantitative estimate of drug-likeness (QED) is 0.879. The second kappa shape index (κ2) is 6.66. The molecular formula is C16H24N4. The number of aryl methyl sites for hydroxylation is 3. The van der Waals surface area contributed by atoms with E-state index in [0.29, 0.717) is 0 Å². The lowest BCUT2D eigenvalue weighted by Gasteiger charge is -2.21. The molecule has 1 unspecified atom stereocenters. The Morgan fingerprint density at radius 2 is 2.05 bits per heavy atom. The lowest BCUT2D eigenvalue weighted by atomic mass is 9.97. The molecule has 108 valence electrons. The molecule has 1 atom stereocenters. The Hall–Kier alpha value is -1.68. The topological polar surface area (TPSA) is 42.7 Å².